The van der Waals surface area contributed by atoms with Gasteiger partial charge in [0.15, 0.2) is 0 Å². The summed E-state index contributed by atoms with van der Waals surface area (Å²) in [6.07, 6.45) is 1.88. The second kappa shape index (κ2) is 2.95. The highest BCUT2D eigenvalue weighted by Gasteiger charge is 2.36. The van der Waals surface area contributed by atoms with E-state index in [0.717, 1.165) is 25.0 Å². The smallest absolute Gasteiger partial charge is 0.100 e. The molecule has 2 atom stereocenters. The van der Waals surface area contributed by atoms with Gasteiger partial charge in [-0.05, 0) is 38.8 Å². The monoisotopic (exact) mass is 155 g/mol. The van der Waals surface area contributed by atoms with Gasteiger partial charge in [0.05, 0.1) is 0 Å². The molecule has 0 bridgehead atoms. The Morgan fingerprint density at radius 1 is 1.73 bits per heavy atom. The SMILES string of the molecule is C=C(C)C1(O)CCCNC1C. The van der Waals surface area contributed by atoms with Gasteiger partial charge in [0, 0.05) is 6.04 Å². The first-order chi connectivity index (χ1) is 5.07. The van der Waals surface area contributed by atoms with Gasteiger partial charge in [-0.1, -0.05) is 6.58 Å². The summed E-state index contributed by atoms with van der Waals surface area (Å²) in [5.41, 5.74) is 0.204. The van der Waals surface area contributed by atoms with Crippen LogP contribution >= 0.6 is 0 Å². The molecule has 11 heavy (non-hydrogen) atoms. The van der Waals surface area contributed by atoms with Crippen molar-refractivity contribution in [3.8, 4) is 0 Å². The van der Waals surface area contributed by atoms with Crippen LogP contribution in [0.25, 0.3) is 0 Å². The second-order valence-corrected chi connectivity index (χ2v) is 3.48. The van der Waals surface area contributed by atoms with E-state index in [9.17, 15) is 5.11 Å². The minimum atomic E-state index is -0.668. The summed E-state index contributed by atoms with van der Waals surface area (Å²) in [5, 5.41) is 13.3. The summed E-state index contributed by atoms with van der Waals surface area (Å²) in [4.78, 5) is 0. The van der Waals surface area contributed by atoms with Gasteiger partial charge in [0.2, 0.25) is 0 Å². The van der Waals surface area contributed by atoms with Gasteiger partial charge >= 0.3 is 0 Å². The zero-order valence-electron chi connectivity index (χ0n) is 7.35. The number of rotatable bonds is 1. The van der Waals surface area contributed by atoms with E-state index in [1.54, 1.807) is 0 Å². The zero-order chi connectivity index (χ0) is 8.48. The Balaban J connectivity index is 2.72. The van der Waals surface area contributed by atoms with Gasteiger partial charge in [-0.3, -0.25) is 0 Å². The zero-order valence-corrected chi connectivity index (χ0v) is 7.35. The van der Waals surface area contributed by atoms with Crippen LogP contribution in [-0.2, 0) is 0 Å². The minimum Gasteiger partial charge on any atom is -0.384 e. The van der Waals surface area contributed by atoms with Crippen molar-refractivity contribution in [2.45, 2.75) is 38.3 Å². The Morgan fingerprint density at radius 3 is 2.73 bits per heavy atom. The van der Waals surface area contributed by atoms with Crippen molar-refractivity contribution in [1.82, 2.24) is 5.32 Å². The van der Waals surface area contributed by atoms with Crippen molar-refractivity contribution in [3.05, 3.63) is 12.2 Å². The molecule has 1 fully saturated rings. The van der Waals surface area contributed by atoms with Crippen molar-refractivity contribution in [3.63, 3.8) is 0 Å². The van der Waals surface area contributed by atoms with E-state index in [2.05, 4.69) is 11.9 Å². The Morgan fingerprint density at radius 2 is 2.36 bits per heavy atom. The summed E-state index contributed by atoms with van der Waals surface area (Å²) in [7, 11) is 0. The second-order valence-electron chi connectivity index (χ2n) is 3.48. The quantitative estimate of drug-likeness (QED) is 0.555. The first-order valence-electron chi connectivity index (χ1n) is 4.19. The highest BCUT2D eigenvalue weighted by molar-refractivity contribution is 5.15. The highest BCUT2D eigenvalue weighted by Crippen LogP contribution is 2.27. The van der Waals surface area contributed by atoms with Gasteiger partial charge in [-0.15, -0.1) is 0 Å². The van der Waals surface area contributed by atoms with E-state index < -0.39 is 5.60 Å². The molecule has 2 unspecified atom stereocenters. The van der Waals surface area contributed by atoms with Gasteiger partial charge in [-0.2, -0.15) is 0 Å². The fraction of sp³-hybridized carbons (Fsp3) is 0.778. The Hall–Kier alpha value is -0.340. The first-order valence-corrected chi connectivity index (χ1v) is 4.19. The van der Waals surface area contributed by atoms with Crippen molar-refractivity contribution >= 4 is 0 Å². The predicted molar refractivity (Wildman–Crippen MR) is 46.5 cm³/mol. The standard InChI is InChI=1S/C9H17NO/c1-7(2)9(11)5-4-6-10-8(9)3/h8,10-11H,1,4-6H2,2-3H3. The van der Waals surface area contributed by atoms with Crippen LogP contribution in [-0.4, -0.2) is 23.3 Å². The summed E-state index contributed by atoms with van der Waals surface area (Å²) < 4.78 is 0. The third kappa shape index (κ3) is 1.47. The number of hydrogen-bond acceptors (Lipinski definition) is 2. The minimum absolute atomic E-state index is 0.147. The summed E-state index contributed by atoms with van der Waals surface area (Å²) in [6.45, 7) is 8.72. The van der Waals surface area contributed by atoms with Gasteiger partial charge < -0.3 is 10.4 Å². The fourth-order valence-corrected chi connectivity index (χ4v) is 1.64. The average Bonchev–Trinajstić information content (AvgIpc) is 1.95. The summed E-state index contributed by atoms with van der Waals surface area (Å²) in [5.74, 6) is 0. The van der Waals surface area contributed by atoms with Crippen LogP contribution in [0.3, 0.4) is 0 Å². The molecular weight excluding hydrogens is 138 g/mol. The van der Waals surface area contributed by atoms with E-state index in [0.29, 0.717) is 0 Å². The normalized spacial score (nSPS) is 38.6. The number of aliphatic hydroxyl groups is 1. The lowest BCUT2D eigenvalue weighted by molar-refractivity contribution is 0.0173. The van der Waals surface area contributed by atoms with Crippen LogP contribution in [0.5, 0.6) is 0 Å². The molecule has 1 aliphatic rings. The topological polar surface area (TPSA) is 32.3 Å². The third-order valence-corrected chi connectivity index (χ3v) is 2.64. The molecule has 1 rings (SSSR count). The lowest BCUT2D eigenvalue weighted by atomic mass is 9.82. The number of hydrogen-bond donors (Lipinski definition) is 2. The molecule has 0 aromatic carbocycles. The molecule has 0 radical (unpaired) electrons. The van der Waals surface area contributed by atoms with Crippen LogP contribution in [0.15, 0.2) is 12.2 Å². The maximum Gasteiger partial charge on any atom is 0.100 e. The molecule has 1 heterocycles. The van der Waals surface area contributed by atoms with Crippen LogP contribution < -0.4 is 5.32 Å². The summed E-state index contributed by atoms with van der Waals surface area (Å²) in [6, 6.07) is 0.147. The van der Waals surface area contributed by atoms with Crippen LogP contribution in [0.2, 0.25) is 0 Å². The van der Waals surface area contributed by atoms with Gasteiger partial charge in [0.25, 0.3) is 0 Å². The molecule has 2 nitrogen and oxygen atoms in total. The molecule has 0 aromatic heterocycles. The molecule has 0 saturated carbocycles. The molecule has 2 N–H and O–H groups in total. The van der Waals surface area contributed by atoms with Crippen LogP contribution in [0, 0.1) is 0 Å². The van der Waals surface area contributed by atoms with Crippen molar-refractivity contribution in [2.24, 2.45) is 0 Å². The highest BCUT2D eigenvalue weighted by atomic mass is 16.3. The Labute approximate surface area is 68.3 Å². The van der Waals surface area contributed by atoms with E-state index in [4.69, 9.17) is 0 Å². The molecule has 0 amide bonds. The Bertz CT molecular complexity index is 167. The van der Waals surface area contributed by atoms with E-state index >= 15 is 0 Å². The maximum atomic E-state index is 10.1. The van der Waals surface area contributed by atoms with Crippen LogP contribution in [0.4, 0.5) is 0 Å². The first kappa shape index (κ1) is 8.75. The number of nitrogens with one attached hydrogen (secondary N) is 1. The largest absolute Gasteiger partial charge is 0.384 e. The third-order valence-electron chi connectivity index (χ3n) is 2.64. The molecule has 0 spiro atoms. The van der Waals surface area contributed by atoms with Crippen molar-refractivity contribution in [2.75, 3.05) is 6.54 Å². The molecule has 1 aliphatic heterocycles. The lowest BCUT2D eigenvalue weighted by Gasteiger charge is -2.39. The van der Waals surface area contributed by atoms with Gasteiger partial charge in [0.1, 0.15) is 5.60 Å². The van der Waals surface area contributed by atoms with E-state index in [1.807, 2.05) is 13.8 Å². The molecule has 1 saturated heterocycles. The molecule has 2 heteroatoms. The maximum absolute atomic E-state index is 10.1. The number of piperidine rings is 1. The van der Waals surface area contributed by atoms with E-state index in [-0.39, 0.29) is 6.04 Å². The average molecular weight is 155 g/mol. The van der Waals surface area contributed by atoms with Crippen LogP contribution in [0.1, 0.15) is 26.7 Å². The molecular formula is C9H17NO. The molecule has 0 aliphatic carbocycles. The lowest BCUT2D eigenvalue weighted by Crippen LogP contribution is -2.53. The fourth-order valence-electron chi connectivity index (χ4n) is 1.64. The van der Waals surface area contributed by atoms with Gasteiger partial charge in [-0.25, -0.2) is 0 Å². The van der Waals surface area contributed by atoms with Crippen molar-refractivity contribution < 1.29 is 5.11 Å². The summed E-state index contributed by atoms with van der Waals surface area (Å²) >= 11 is 0. The molecule has 64 valence electrons. The van der Waals surface area contributed by atoms with E-state index in [1.165, 1.54) is 0 Å². The Kier molecular flexibility index (Phi) is 2.35. The molecule has 0 aromatic rings. The van der Waals surface area contributed by atoms with Crippen molar-refractivity contribution in [1.29, 1.82) is 0 Å². The predicted octanol–water partition coefficient (Wildman–Crippen LogP) is 1.07.